The topological polar surface area (TPSA) is 29.5 Å². The summed E-state index contributed by atoms with van der Waals surface area (Å²) in [5.41, 5.74) is -0.0323. The van der Waals surface area contributed by atoms with Crippen molar-refractivity contribution in [2.75, 3.05) is 17.8 Å². The number of hydrogen-bond acceptors (Lipinski definition) is 2. The van der Waals surface area contributed by atoms with Gasteiger partial charge in [0.1, 0.15) is 0 Å². The van der Waals surface area contributed by atoms with Crippen LogP contribution in [0.5, 0.6) is 0 Å². The molecule has 0 aromatic heterocycles. The van der Waals surface area contributed by atoms with Crippen molar-refractivity contribution < 1.29 is 48.3 Å². The van der Waals surface area contributed by atoms with Gasteiger partial charge in [-0.15, -0.1) is 0 Å². The maximum atomic E-state index is 12.5. The van der Waals surface area contributed by atoms with Crippen LogP contribution in [-0.2, 0) is 22.3 Å². The number of alkyl halides is 6. The monoisotopic (exact) mass is 444 g/mol. The first-order chi connectivity index (χ1) is 10.9. The Kier molecular flexibility index (Phi) is 6.40. The van der Waals surface area contributed by atoms with Crippen molar-refractivity contribution in [3.8, 4) is 0 Å². The van der Waals surface area contributed by atoms with Gasteiger partial charge in [-0.1, -0.05) is 0 Å². The van der Waals surface area contributed by atoms with Crippen molar-refractivity contribution in [3.05, 3.63) is 47.5 Å². The molecule has 1 heterocycles. The first kappa shape index (κ1) is 18.2. The van der Waals surface area contributed by atoms with Crippen LogP contribution in [0.2, 0.25) is 0 Å². The van der Waals surface area contributed by atoms with Crippen LogP contribution in [0.15, 0.2) is 36.4 Å². The molecule has 1 aliphatic rings. The van der Waals surface area contributed by atoms with E-state index in [4.69, 9.17) is 4.74 Å². The van der Waals surface area contributed by atoms with Gasteiger partial charge in [0.25, 0.3) is 0 Å². The first-order valence-corrected chi connectivity index (χ1v) is 9.54. The van der Waals surface area contributed by atoms with Crippen LogP contribution in [0, 0.1) is 0 Å². The Balaban J connectivity index is 1.81. The summed E-state index contributed by atoms with van der Waals surface area (Å²) in [5, 5.41) is 0. The van der Waals surface area contributed by atoms with E-state index in [-0.39, 0.29) is 37.8 Å². The van der Waals surface area contributed by atoms with Gasteiger partial charge in [-0.3, -0.25) is 0 Å². The van der Waals surface area contributed by atoms with Gasteiger partial charge in [-0.05, 0) is 0 Å². The van der Waals surface area contributed by atoms with Crippen molar-refractivity contribution in [1.29, 1.82) is 0 Å². The van der Waals surface area contributed by atoms with Gasteiger partial charge in [0.15, 0.2) is 0 Å². The van der Waals surface area contributed by atoms with Crippen molar-refractivity contribution >= 4 is 5.91 Å². The predicted molar refractivity (Wildman–Crippen MR) is 71.7 cm³/mol. The average Bonchev–Trinajstić information content (AvgIpc) is 2.99. The van der Waals surface area contributed by atoms with Crippen molar-refractivity contribution in [2.24, 2.45) is 0 Å². The predicted octanol–water partition coefficient (Wildman–Crippen LogP) is -0.0375. The Bertz CT molecular complexity index is 560. The van der Waals surface area contributed by atoms with E-state index in [1.54, 1.807) is 4.90 Å². The number of nitrogens with zero attached hydrogens (tertiary/aromatic N) is 1. The fraction of sp³-hybridized carbons (Fsp3) is 0.400. The number of amides is 1. The third-order valence-electron chi connectivity index (χ3n) is 3.12. The number of ether oxygens (including phenoxy) is 1. The third kappa shape index (κ3) is 5.45. The van der Waals surface area contributed by atoms with E-state index in [2.05, 4.69) is 0 Å². The van der Waals surface area contributed by atoms with Crippen LogP contribution >= 0.6 is 0 Å². The zero-order chi connectivity index (χ0) is 16.9. The van der Waals surface area contributed by atoms with Gasteiger partial charge in [0.2, 0.25) is 0 Å². The molecule has 0 radical (unpaired) electrons. The summed E-state index contributed by atoms with van der Waals surface area (Å²) >= 11 is -0.362. The van der Waals surface area contributed by atoms with E-state index in [1.165, 1.54) is 18.2 Å². The summed E-state index contributed by atoms with van der Waals surface area (Å²) in [4.78, 5) is 13.3. The molecule has 128 valence electrons. The van der Waals surface area contributed by atoms with Crippen LogP contribution in [0.25, 0.3) is 0 Å². The molecule has 2 rings (SSSR count). The molecule has 0 saturated carbocycles. The summed E-state index contributed by atoms with van der Waals surface area (Å²) in [7, 11) is 0. The van der Waals surface area contributed by atoms with Crippen molar-refractivity contribution in [3.63, 3.8) is 0 Å². The molecule has 3 nitrogen and oxygen atoms in total. The normalized spacial score (nSPS) is 19.1. The molecule has 0 unspecified atom stereocenters. The molecule has 1 saturated heterocycles. The Morgan fingerprint density at radius 2 is 2.04 bits per heavy atom. The van der Waals surface area contributed by atoms with Gasteiger partial charge in [-0.2, -0.15) is 0 Å². The second-order valence-corrected chi connectivity index (χ2v) is 7.76. The quantitative estimate of drug-likeness (QED) is 0.210. The van der Waals surface area contributed by atoms with Crippen molar-refractivity contribution in [2.45, 2.75) is 16.9 Å². The van der Waals surface area contributed by atoms with Crippen LogP contribution in [0.1, 0.15) is 11.1 Å². The summed E-state index contributed by atoms with van der Waals surface area (Å²) in [6.07, 6.45) is -1.97. The Labute approximate surface area is 141 Å². The first-order valence-electron chi connectivity index (χ1n) is 6.77. The van der Waals surface area contributed by atoms with E-state index in [0.717, 1.165) is 18.2 Å². The minimum absolute atomic E-state index is 0.0566. The van der Waals surface area contributed by atoms with E-state index >= 15 is 0 Å². The summed E-state index contributed by atoms with van der Waals surface area (Å²) in [6, 6.07) is 4.84. The molecule has 0 aliphatic carbocycles. The molecule has 0 spiro atoms. The molecular formula is C15H15F4INO2-. The second kappa shape index (κ2) is 8.09. The number of carbonyl (C=O) groups excluding carboxylic acids is 1. The number of halogens is 5. The third-order valence-corrected chi connectivity index (χ3v) is 6.08. The fourth-order valence-electron chi connectivity index (χ4n) is 1.90. The molecule has 1 aromatic carbocycles. The molecule has 1 fully saturated rings. The van der Waals surface area contributed by atoms with Crippen LogP contribution in [0.4, 0.5) is 17.6 Å². The van der Waals surface area contributed by atoms with Gasteiger partial charge in [-0.25, -0.2) is 0 Å². The van der Waals surface area contributed by atoms with Gasteiger partial charge >= 0.3 is 141 Å². The van der Waals surface area contributed by atoms with Gasteiger partial charge in [0.05, 0.1) is 0 Å². The molecule has 0 N–H and O–H groups in total. The number of benzene rings is 1. The van der Waals surface area contributed by atoms with Crippen LogP contribution in [-0.4, -0.2) is 32.7 Å². The molecule has 1 aromatic rings. The van der Waals surface area contributed by atoms with E-state index in [1.807, 2.05) is 0 Å². The fourth-order valence-corrected chi connectivity index (χ4v) is 4.62. The molecule has 1 aliphatic heterocycles. The van der Waals surface area contributed by atoms with Crippen molar-refractivity contribution in [1.82, 2.24) is 4.90 Å². The zero-order valence-corrected chi connectivity index (χ0v) is 14.2. The van der Waals surface area contributed by atoms with E-state index < -0.39 is 18.4 Å². The number of hydrogen-bond donors (Lipinski definition) is 0. The number of rotatable bonds is 5. The van der Waals surface area contributed by atoms with Gasteiger partial charge in [0, 0.05) is 0 Å². The zero-order valence-electron chi connectivity index (χ0n) is 12.0. The summed E-state index contributed by atoms with van der Waals surface area (Å²) < 4.78 is 55.6. The molecule has 23 heavy (non-hydrogen) atoms. The van der Waals surface area contributed by atoms with Crippen LogP contribution < -0.4 is 21.2 Å². The Hall–Kier alpha value is -1.16. The molecule has 0 bridgehead atoms. The molecule has 8 heteroatoms. The van der Waals surface area contributed by atoms with E-state index in [9.17, 15) is 22.4 Å². The minimum atomic E-state index is -4.34. The molecule has 1 atom stereocenters. The van der Waals surface area contributed by atoms with Crippen LogP contribution in [0.3, 0.4) is 0 Å². The Morgan fingerprint density at radius 3 is 2.65 bits per heavy atom. The average molecular weight is 444 g/mol. The van der Waals surface area contributed by atoms with E-state index in [0.29, 0.717) is 16.7 Å². The Morgan fingerprint density at radius 1 is 1.35 bits per heavy atom. The van der Waals surface area contributed by atoms with Gasteiger partial charge < -0.3 is 0 Å². The summed E-state index contributed by atoms with van der Waals surface area (Å²) in [6.45, 7) is -0.0171. The standard InChI is InChI=1S/C15H15F4INO2/c16-7-1-2-14(22)21-8-13(20-10-21)23-9-11-3-5-12(6-4-11)15(17,18)19/h1-6,13H,7-10H2/q-1/b2-1+/t13-/m1/s1. The number of allylic oxidation sites excluding steroid dienone is 1. The second-order valence-electron chi connectivity index (χ2n) is 4.81. The SMILES string of the molecule is O=C(/C=C/CF)N1C[I-][C@H](OCc2ccc(C(F)(F)F)cc2)C1. The number of carbonyl (C=O) groups is 1. The maximum absolute atomic E-state index is 12.5. The molecular weight excluding hydrogens is 429 g/mol. The summed E-state index contributed by atoms with van der Waals surface area (Å²) in [5.74, 6) is -0.233. The molecule has 1 amide bonds.